The van der Waals surface area contributed by atoms with Crippen LogP contribution in [0.4, 0.5) is 22.7 Å². The van der Waals surface area contributed by atoms with Crippen molar-refractivity contribution in [3.63, 3.8) is 0 Å². The Balaban J connectivity index is 1.94. The summed E-state index contributed by atoms with van der Waals surface area (Å²) >= 11 is 0. The number of aryl methyl sites for hydroxylation is 1. The number of fused-ring (bicyclic) bond motifs is 1. The van der Waals surface area contributed by atoms with Gasteiger partial charge in [0.1, 0.15) is 5.69 Å². The van der Waals surface area contributed by atoms with E-state index in [4.69, 9.17) is 0 Å². The summed E-state index contributed by atoms with van der Waals surface area (Å²) in [5.41, 5.74) is 7.21. The Morgan fingerprint density at radius 2 is 1.78 bits per heavy atom. The normalized spacial score (nSPS) is 15.0. The van der Waals surface area contributed by atoms with Gasteiger partial charge in [0.05, 0.1) is 27.7 Å². The van der Waals surface area contributed by atoms with Gasteiger partial charge < -0.3 is 4.90 Å². The summed E-state index contributed by atoms with van der Waals surface area (Å²) < 4.78 is 0. The van der Waals surface area contributed by atoms with E-state index in [-0.39, 0.29) is 16.9 Å². The van der Waals surface area contributed by atoms with Crippen molar-refractivity contribution in [3.05, 3.63) is 73.3 Å². The van der Waals surface area contributed by atoms with E-state index in [1.165, 1.54) is 23.4 Å². The zero-order chi connectivity index (χ0) is 23.8. The number of nitrogens with one attached hydrogen (secondary N) is 1. The molecule has 1 aliphatic heterocycles. The van der Waals surface area contributed by atoms with Crippen LogP contribution in [-0.4, -0.2) is 27.6 Å². The van der Waals surface area contributed by atoms with Crippen molar-refractivity contribution in [3.8, 4) is 0 Å². The third-order valence-electron chi connectivity index (χ3n) is 5.55. The van der Waals surface area contributed by atoms with E-state index in [2.05, 4.69) is 68.3 Å². The lowest BCUT2D eigenvalue weighted by Gasteiger charge is -2.46. The lowest BCUT2D eigenvalue weighted by Crippen LogP contribution is -2.49. The maximum absolute atomic E-state index is 11.3. The molecule has 0 radical (unpaired) electrons. The molecule has 0 bridgehead atoms. The number of hydrogen-bond acceptors (Lipinski definition) is 7. The second-order valence-electron chi connectivity index (χ2n) is 8.76. The highest BCUT2D eigenvalue weighted by Crippen LogP contribution is 2.41. The van der Waals surface area contributed by atoms with Gasteiger partial charge in [0.2, 0.25) is 0 Å². The van der Waals surface area contributed by atoms with E-state index < -0.39 is 15.5 Å². The Kier molecular flexibility index (Phi) is 6.03. The number of hydrazone groups is 1. The number of nitrogens with zero attached hydrogens (tertiary/aromatic N) is 4. The highest BCUT2D eigenvalue weighted by Gasteiger charge is 2.33. The van der Waals surface area contributed by atoms with Crippen molar-refractivity contribution in [1.82, 2.24) is 0 Å². The van der Waals surface area contributed by atoms with Gasteiger partial charge in [-0.3, -0.25) is 25.7 Å². The van der Waals surface area contributed by atoms with E-state index in [9.17, 15) is 20.2 Å². The van der Waals surface area contributed by atoms with Gasteiger partial charge in [-0.1, -0.05) is 6.08 Å². The van der Waals surface area contributed by atoms with Crippen molar-refractivity contribution < 1.29 is 9.85 Å². The highest BCUT2D eigenvalue weighted by molar-refractivity contribution is 5.90. The number of nitro benzene ring substituents is 2. The maximum atomic E-state index is 11.3. The molecule has 32 heavy (non-hydrogen) atoms. The molecule has 1 heterocycles. The van der Waals surface area contributed by atoms with E-state index in [1.807, 2.05) is 6.92 Å². The number of rotatable bonds is 6. The summed E-state index contributed by atoms with van der Waals surface area (Å²) in [7, 11) is 0. The predicted octanol–water partition coefficient (Wildman–Crippen LogP) is 5.67. The molecular weight excluding hydrogens is 410 g/mol. The van der Waals surface area contributed by atoms with Crippen molar-refractivity contribution in [1.29, 1.82) is 0 Å². The second kappa shape index (κ2) is 8.41. The van der Waals surface area contributed by atoms with E-state index in [0.29, 0.717) is 6.04 Å². The molecule has 0 saturated carbocycles. The molecule has 9 nitrogen and oxygen atoms in total. The summed E-state index contributed by atoms with van der Waals surface area (Å²) in [4.78, 5) is 23.2. The van der Waals surface area contributed by atoms with Gasteiger partial charge >= 0.3 is 5.69 Å². The molecule has 0 aliphatic carbocycles. The van der Waals surface area contributed by atoms with Crippen LogP contribution in [-0.2, 0) is 0 Å². The van der Waals surface area contributed by atoms with Crippen LogP contribution in [0.3, 0.4) is 0 Å². The zero-order valence-electron chi connectivity index (χ0n) is 19.0. The molecule has 0 amide bonds. The zero-order valence-corrected chi connectivity index (χ0v) is 19.0. The molecule has 1 aliphatic rings. The van der Waals surface area contributed by atoms with Gasteiger partial charge in [0.15, 0.2) is 0 Å². The minimum atomic E-state index is -0.675. The first-order valence-corrected chi connectivity index (χ1v) is 10.3. The topological polar surface area (TPSA) is 114 Å². The van der Waals surface area contributed by atoms with Gasteiger partial charge in [-0.05, 0) is 76.4 Å². The molecule has 3 rings (SSSR count). The SMILES string of the molecule is CC1=CC(C)(C)N(C(C)C)c2cc(C)c(/C=N/Nc3ccc([N+](=O)[O-])cc3[N+](=O)[O-])cc21. The number of allylic oxidation sites excluding steroid dienone is 1. The minimum Gasteiger partial charge on any atom is -0.360 e. The molecule has 0 unspecified atom stereocenters. The second-order valence-corrected chi connectivity index (χ2v) is 8.76. The molecule has 0 spiro atoms. The van der Waals surface area contributed by atoms with E-state index >= 15 is 0 Å². The van der Waals surface area contributed by atoms with E-state index in [1.54, 1.807) is 6.21 Å². The van der Waals surface area contributed by atoms with Gasteiger partial charge in [-0.25, -0.2) is 0 Å². The number of benzene rings is 2. The van der Waals surface area contributed by atoms with Crippen LogP contribution in [0.5, 0.6) is 0 Å². The summed E-state index contributed by atoms with van der Waals surface area (Å²) in [5.74, 6) is 0. The Labute approximate surface area is 186 Å². The third kappa shape index (κ3) is 4.32. The standard InChI is InChI=1S/C23H27N5O4/c1-14(2)26-21-9-15(3)17(10-19(21)16(4)12-23(26,5)6)13-24-25-20-8-7-18(27(29)30)11-22(20)28(31)32/h7-14,25H,1-6H3/b24-13+. The Morgan fingerprint density at radius 3 is 2.38 bits per heavy atom. The lowest BCUT2D eigenvalue weighted by atomic mass is 9.86. The molecule has 0 atom stereocenters. The summed E-state index contributed by atoms with van der Waals surface area (Å²) in [6, 6.07) is 7.92. The number of non-ortho nitro benzene ring substituents is 1. The average Bonchev–Trinajstić information content (AvgIpc) is 2.67. The quantitative estimate of drug-likeness (QED) is 0.354. The van der Waals surface area contributed by atoms with Crippen LogP contribution >= 0.6 is 0 Å². The van der Waals surface area contributed by atoms with E-state index in [0.717, 1.165) is 22.8 Å². The molecule has 9 heteroatoms. The fourth-order valence-electron chi connectivity index (χ4n) is 4.35. The smallest absolute Gasteiger partial charge is 0.301 e. The molecule has 2 aromatic rings. The predicted molar refractivity (Wildman–Crippen MR) is 127 cm³/mol. The fourth-order valence-corrected chi connectivity index (χ4v) is 4.35. The average molecular weight is 438 g/mol. The van der Waals surface area contributed by atoms with Gasteiger partial charge in [-0.15, -0.1) is 0 Å². The first-order valence-electron chi connectivity index (χ1n) is 10.3. The monoisotopic (exact) mass is 437 g/mol. The number of nitro groups is 2. The number of anilines is 2. The molecule has 1 N–H and O–H groups in total. The molecule has 0 saturated heterocycles. The Hall–Kier alpha value is -3.75. The minimum absolute atomic E-state index is 0.0799. The Bertz CT molecular complexity index is 1150. The van der Waals surface area contributed by atoms with Crippen molar-refractivity contribution in [2.75, 3.05) is 10.3 Å². The van der Waals surface area contributed by atoms with Crippen LogP contribution in [0.15, 0.2) is 41.5 Å². The highest BCUT2D eigenvalue weighted by atomic mass is 16.6. The summed E-state index contributed by atoms with van der Waals surface area (Å²) in [6.07, 6.45) is 3.86. The van der Waals surface area contributed by atoms with Crippen LogP contribution in [0.25, 0.3) is 5.57 Å². The van der Waals surface area contributed by atoms with Crippen molar-refractivity contribution in [2.24, 2.45) is 5.10 Å². The summed E-state index contributed by atoms with van der Waals surface area (Å²) in [5, 5.41) is 26.4. The molecule has 2 aromatic carbocycles. The van der Waals surface area contributed by atoms with Crippen LogP contribution in [0, 0.1) is 27.2 Å². The van der Waals surface area contributed by atoms with Gasteiger partial charge in [0, 0.05) is 23.4 Å². The molecular formula is C23H27N5O4. The lowest BCUT2D eigenvalue weighted by molar-refractivity contribution is -0.393. The Morgan fingerprint density at radius 1 is 1.09 bits per heavy atom. The first-order chi connectivity index (χ1) is 14.9. The third-order valence-corrected chi connectivity index (χ3v) is 5.55. The van der Waals surface area contributed by atoms with Gasteiger partial charge in [0.25, 0.3) is 5.69 Å². The van der Waals surface area contributed by atoms with Crippen molar-refractivity contribution in [2.45, 2.75) is 53.1 Å². The molecule has 0 fully saturated rings. The number of hydrogen-bond donors (Lipinski definition) is 1. The van der Waals surface area contributed by atoms with Gasteiger partial charge in [-0.2, -0.15) is 5.10 Å². The first kappa shape index (κ1) is 22.9. The maximum Gasteiger partial charge on any atom is 0.301 e. The molecule has 168 valence electrons. The van der Waals surface area contributed by atoms with Crippen molar-refractivity contribution >= 4 is 34.5 Å². The largest absolute Gasteiger partial charge is 0.360 e. The van der Waals surface area contributed by atoms with Crippen LogP contribution < -0.4 is 10.3 Å². The summed E-state index contributed by atoms with van der Waals surface area (Å²) in [6.45, 7) is 12.8. The fraction of sp³-hybridized carbons (Fsp3) is 0.348. The molecule has 0 aromatic heterocycles. The van der Waals surface area contributed by atoms with Crippen LogP contribution in [0.1, 0.15) is 51.3 Å². The van der Waals surface area contributed by atoms with Crippen LogP contribution in [0.2, 0.25) is 0 Å².